The van der Waals surface area contributed by atoms with Crippen molar-refractivity contribution in [1.82, 2.24) is 0 Å². The van der Waals surface area contributed by atoms with Crippen molar-refractivity contribution in [2.24, 2.45) is 5.73 Å². The average molecular weight is 265 g/mol. The summed E-state index contributed by atoms with van der Waals surface area (Å²) in [6.45, 7) is 2.64. The van der Waals surface area contributed by atoms with E-state index in [2.05, 4.69) is 6.92 Å². The van der Waals surface area contributed by atoms with E-state index < -0.39 is 15.4 Å². The van der Waals surface area contributed by atoms with E-state index >= 15 is 0 Å². The Balaban J connectivity index is 3.77. The molecule has 0 aliphatic carbocycles. The molecule has 0 aliphatic heterocycles. The Morgan fingerprint density at radius 1 is 1.00 bits per heavy atom. The van der Waals surface area contributed by atoms with Gasteiger partial charge < -0.3 is 5.73 Å². The first-order valence-corrected chi connectivity index (χ1v) is 8.19. The van der Waals surface area contributed by atoms with Gasteiger partial charge in [-0.15, -0.1) is 0 Å². The first-order valence-electron chi connectivity index (χ1n) is 6.68. The average Bonchev–Trinajstić information content (AvgIpc) is 2.25. The second-order valence-electron chi connectivity index (χ2n) is 4.62. The Morgan fingerprint density at radius 3 is 2.06 bits per heavy atom. The van der Waals surface area contributed by atoms with Crippen molar-refractivity contribution in [3.05, 3.63) is 0 Å². The van der Waals surface area contributed by atoms with Crippen molar-refractivity contribution in [2.45, 2.75) is 70.0 Å². The fourth-order valence-electron chi connectivity index (χ4n) is 1.94. The minimum Gasteiger partial charge on any atom is -0.330 e. The number of unbranched alkanes of at least 4 members (excludes halogenated alkanes) is 5. The van der Waals surface area contributed by atoms with Gasteiger partial charge in [0.05, 0.1) is 5.25 Å². The van der Waals surface area contributed by atoms with Crippen LogP contribution in [0.2, 0.25) is 0 Å². The molecular weight excluding hydrogens is 238 g/mol. The highest BCUT2D eigenvalue weighted by Crippen LogP contribution is 2.16. The minimum atomic E-state index is -3.89. The highest BCUT2D eigenvalue weighted by molar-refractivity contribution is 7.86. The molecule has 0 saturated carbocycles. The van der Waals surface area contributed by atoms with Gasteiger partial charge in [0.1, 0.15) is 0 Å². The largest absolute Gasteiger partial charge is 0.330 e. The van der Waals surface area contributed by atoms with Crippen LogP contribution in [0.25, 0.3) is 0 Å². The lowest BCUT2D eigenvalue weighted by Gasteiger charge is -2.12. The first-order chi connectivity index (χ1) is 8.02. The van der Waals surface area contributed by atoms with E-state index in [1.165, 1.54) is 19.3 Å². The predicted octanol–water partition coefficient (Wildman–Crippen LogP) is 2.73. The van der Waals surface area contributed by atoms with Crippen LogP contribution in [0.5, 0.6) is 0 Å². The summed E-state index contributed by atoms with van der Waals surface area (Å²) in [6, 6.07) is 0. The summed E-state index contributed by atoms with van der Waals surface area (Å²) >= 11 is 0. The number of nitrogens with two attached hydrogens (primary N) is 1. The lowest BCUT2D eigenvalue weighted by molar-refractivity contribution is 0.447. The summed E-state index contributed by atoms with van der Waals surface area (Å²) < 4.78 is 31.3. The van der Waals surface area contributed by atoms with Crippen molar-refractivity contribution in [3.63, 3.8) is 0 Å². The maximum Gasteiger partial charge on any atom is 0.267 e. The quantitative estimate of drug-likeness (QED) is 0.444. The van der Waals surface area contributed by atoms with Crippen molar-refractivity contribution in [3.8, 4) is 0 Å². The second-order valence-corrected chi connectivity index (χ2v) is 6.32. The zero-order chi connectivity index (χ0) is 13.1. The molecule has 3 N–H and O–H groups in total. The van der Waals surface area contributed by atoms with Crippen LogP contribution in [0.1, 0.15) is 64.7 Å². The molecule has 0 aromatic carbocycles. The standard InChI is InChI=1S/C12H27NO3S/c1-2-3-4-5-6-7-9-12(10-8-11-13)17(14,15)16/h12H,2-11,13H2,1H3,(H,14,15,16). The molecule has 0 radical (unpaired) electrons. The Morgan fingerprint density at radius 2 is 1.53 bits per heavy atom. The van der Waals surface area contributed by atoms with Crippen LogP contribution in [0.15, 0.2) is 0 Å². The maximum absolute atomic E-state index is 11.1. The zero-order valence-electron chi connectivity index (χ0n) is 10.9. The molecule has 0 saturated heterocycles. The summed E-state index contributed by atoms with van der Waals surface area (Å²) in [7, 11) is -3.89. The molecule has 0 heterocycles. The summed E-state index contributed by atoms with van der Waals surface area (Å²) in [5.74, 6) is 0. The van der Waals surface area contributed by atoms with Gasteiger partial charge >= 0.3 is 0 Å². The van der Waals surface area contributed by atoms with Gasteiger partial charge in [-0.25, -0.2) is 0 Å². The van der Waals surface area contributed by atoms with E-state index in [1.54, 1.807) is 0 Å². The van der Waals surface area contributed by atoms with E-state index in [4.69, 9.17) is 10.3 Å². The van der Waals surface area contributed by atoms with E-state index in [1.807, 2.05) is 0 Å². The molecule has 1 atom stereocenters. The summed E-state index contributed by atoms with van der Waals surface area (Å²) in [5.41, 5.74) is 5.35. The predicted molar refractivity (Wildman–Crippen MR) is 71.6 cm³/mol. The van der Waals surface area contributed by atoms with Crippen LogP contribution in [-0.2, 0) is 10.1 Å². The Kier molecular flexibility index (Phi) is 9.78. The number of hydrogen-bond acceptors (Lipinski definition) is 3. The third-order valence-electron chi connectivity index (χ3n) is 3.03. The highest BCUT2D eigenvalue weighted by atomic mass is 32.2. The Bertz CT molecular complexity index is 265. The summed E-state index contributed by atoms with van der Waals surface area (Å²) in [6.07, 6.45) is 8.45. The molecule has 0 amide bonds. The molecule has 0 bridgehead atoms. The molecule has 5 heteroatoms. The van der Waals surface area contributed by atoms with E-state index in [-0.39, 0.29) is 0 Å². The molecule has 0 aromatic rings. The normalized spacial score (nSPS) is 13.8. The van der Waals surface area contributed by atoms with Crippen LogP contribution >= 0.6 is 0 Å². The van der Waals surface area contributed by atoms with Crippen molar-refractivity contribution >= 4 is 10.1 Å². The van der Waals surface area contributed by atoms with Gasteiger partial charge in [-0.2, -0.15) is 8.42 Å². The van der Waals surface area contributed by atoms with Gasteiger partial charge in [0.15, 0.2) is 0 Å². The molecular formula is C12H27NO3S. The maximum atomic E-state index is 11.1. The van der Waals surface area contributed by atoms with Crippen molar-refractivity contribution < 1.29 is 13.0 Å². The SMILES string of the molecule is CCCCCCCCC(CCCN)S(=O)(=O)O. The third-order valence-corrected chi connectivity index (χ3v) is 4.34. The molecule has 0 aliphatic rings. The third kappa shape index (κ3) is 9.56. The summed E-state index contributed by atoms with van der Waals surface area (Å²) in [5, 5.41) is -0.614. The molecule has 104 valence electrons. The number of rotatable bonds is 11. The van der Waals surface area contributed by atoms with Gasteiger partial charge in [-0.3, -0.25) is 4.55 Å². The fraction of sp³-hybridized carbons (Fsp3) is 1.00. The molecule has 0 spiro atoms. The molecule has 0 fully saturated rings. The molecule has 0 aromatic heterocycles. The minimum absolute atomic E-state index is 0.475. The molecule has 17 heavy (non-hydrogen) atoms. The molecule has 4 nitrogen and oxygen atoms in total. The monoisotopic (exact) mass is 265 g/mol. The smallest absolute Gasteiger partial charge is 0.267 e. The van der Waals surface area contributed by atoms with E-state index in [9.17, 15) is 8.42 Å². The lowest BCUT2D eigenvalue weighted by atomic mass is 10.1. The van der Waals surface area contributed by atoms with E-state index in [0.717, 1.165) is 19.3 Å². The Labute approximate surface area is 106 Å². The second kappa shape index (κ2) is 9.85. The van der Waals surface area contributed by atoms with Gasteiger partial charge in [0.2, 0.25) is 0 Å². The molecule has 1 unspecified atom stereocenters. The van der Waals surface area contributed by atoms with Gasteiger partial charge in [0, 0.05) is 0 Å². The highest BCUT2D eigenvalue weighted by Gasteiger charge is 2.21. The van der Waals surface area contributed by atoms with E-state index in [0.29, 0.717) is 25.8 Å². The van der Waals surface area contributed by atoms with Crippen LogP contribution < -0.4 is 5.73 Å². The van der Waals surface area contributed by atoms with Crippen LogP contribution in [0.4, 0.5) is 0 Å². The van der Waals surface area contributed by atoms with Crippen LogP contribution in [0.3, 0.4) is 0 Å². The Hall–Kier alpha value is -0.130. The number of hydrogen-bond donors (Lipinski definition) is 2. The van der Waals surface area contributed by atoms with Gasteiger partial charge in [-0.1, -0.05) is 45.4 Å². The fourth-order valence-corrected chi connectivity index (χ4v) is 2.87. The molecule has 0 rings (SSSR count). The van der Waals surface area contributed by atoms with Gasteiger partial charge in [-0.05, 0) is 25.8 Å². The van der Waals surface area contributed by atoms with Gasteiger partial charge in [0.25, 0.3) is 10.1 Å². The first kappa shape index (κ1) is 16.9. The zero-order valence-corrected chi connectivity index (χ0v) is 11.7. The summed E-state index contributed by atoms with van der Waals surface area (Å²) in [4.78, 5) is 0. The van der Waals surface area contributed by atoms with Crippen LogP contribution in [-0.4, -0.2) is 24.8 Å². The van der Waals surface area contributed by atoms with Crippen molar-refractivity contribution in [1.29, 1.82) is 0 Å². The van der Waals surface area contributed by atoms with Crippen molar-refractivity contribution in [2.75, 3.05) is 6.54 Å². The topological polar surface area (TPSA) is 80.4 Å². The lowest BCUT2D eigenvalue weighted by Crippen LogP contribution is -2.21. The van der Waals surface area contributed by atoms with Crippen LogP contribution in [0, 0.1) is 0 Å².